The summed E-state index contributed by atoms with van der Waals surface area (Å²) in [5, 5.41) is 2.91. The van der Waals surface area contributed by atoms with Crippen LogP contribution < -0.4 is 0 Å². The van der Waals surface area contributed by atoms with Gasteiger partial charge in [0.25, 0.3) is 0 Å². The Morgan fingerprint density at radius 2 is 2.12 bits per heavy atom. The van der Waals surface area contributed by atoms with Crippen LogP contribution in [-0.4, -0.2) is 15.4 Å². The Kier molecular flexibility index (Phi) is 3.88. The number of nitrogens with zero attached hydrogens (tertiary/aromatic N) is 3. The molecule has 4 nitrogen and oxygen atoms in total. The summed E-state index contributed by atoms with van der Waals surface area (Å²) in [7, 11) is 0. The molecule has 1 atom stereocenters. The van der Waals surface area contributed by atoms with Crippen LogP contribution in [-0.2, 0) is 0 Å². The third-order valence-corrected chi connectivity index (χ3v) is 3.43. The highest BCUT2D eigenvalue weighted by Gasteiger charge is 2.21. The molecule has 1 unspecified atom stereocenters. The lowest BCUT2D eigenvalue weighted by Gasteiger charge is -2.27. The van der Waals surface area contributed by atoms with Gasteiger partial charge in [0, 0.05) is 17.5 Å². The Morgan fingerprint density at radius 3 is 2.76 bits per heavy atom. The molecule has 0 radical (unpaired) electrons. The van der Waals surface area contributed by atoms with Gasteiger partial charge in [0.15, 0.2) is 6.17 Å². The van der Waals surface area contributed by atoms with Crippen molar-refractivity contribution in [3.63, 3.8) is 0 Å². The highest BCUT2D eigenvalue weighted by Crippen LogP contribution is 2.30. The van der Waals surface area contributed by atoms with Crippen molar-refractivity contribution in [1.29, 1.82) is 0 Å². The molecule has 0 spiro atoms. The van der Waals surface area contributed by atoms with E-state index in [1.165, 1.54) is 0 Å². The minimum Gasteiger partial charge on any atom is -0.294 e. The molecule has 0 saturated heterocycles. The van der Waals surface area contributed by atoms with Gasteiger partial charge in [0.2, 0.25) is 0 Å². The highest BCUT2D eigenvalue weighted by atomic mass is 127. The largest absolute Gasteiger partial charge is 0.294 e. The van der Waals surface area contributed by atoms with Crippen LogP contribution in [0.2, 0.25) is 0 Å². The lowest BCUT2D eigenvalue weighted by molar-refractivity contribution is 0.498. The van der Waals surface area contributed by atoms with E-state index in [9.17, 15) is 4.91 Å². The minimum absolute atomic E-state index is 0.0211. The Bertz CT molecular complexity index is 470. The molecule has 0 N–H and O–H groups in total. The summed E-state index contributed by atoms with van der Waals surface area (Å²) in [4.78, 5) is 14.9. The Morgan fingerprint density at radius 1 is 1.41 bits per heavy atom. The number of nitroso groups, excluding NO2 is 1. The van der Waals surface area contributed by atoms with E-state index in [2.05, 4.69) is 33.0 Å². The van der Waals surface area contributed by atoms with E-state index in [-0.39, 0.29) is 12.7 Å². The van der Waals surface area contributed by atoms with E-state index < -0.39 is 0 Å². The molecule has 1 aromatic carbocycles. The standard InChI is InChI=1S/C12H12IN3O/c1-9-11(7-14-17)8-16(13)12(15-9)10-5-3-2-4-6-10/h2-6,8,12H,7H2,1H3. The van der Waals surface area contributed by atoms with Crippen molar-refractivity contribution in [1.82, 2.24) is 3.11 Å². The molecule has 5 heteroatoms. The zero-order valence-electron chi connectivity index (χ0n) is 9.38. The smallest absolute Gasteiger partial charge is 0.155 e. The number of aliphatic imine (C=N–C) groups is 1. The molecule has 0 aromatic heterocycles. The summed E-state index contributed by atoms with van der Waals surface area (Å²) in [6.45, 7) is 2.09. The second kappa shape index (κ2) is 5.39. The van der Waals surface area contributed by atoms with Gasteiger partial charge in [0.1, 0.15) is 6.54 Å². The van der Waals surface area contributed by atoms with E-state index in [4.69, 9.17) is 0 Å². The SMILES string of the molecule is CC1=NC(c2ccccc2)N(I)C=C1CN=O. The molecular formula is C12H12IN3O. The maximum Gasteiger partial charge on any atom is 0.155 e. The van der Waals surface area contributed by atoms with Crippen LogP contribution in [0.5, 0.6) is 0 Å². The molecule has 0 fully saturated rings. The number of hydrogen-bond donors (Lipinski definition) is 0. The van der Waals surface area contributed by atoms with E-state index in [1.807, 2.05) is 46.6 Å². The molecule has 1 aliphatic heterocycles. The predicted octanol–water partition coefficient (Wildman–Crippen LogP) is 3.46. The van der Waals surface area contributed by atoms with Crippen LogP contribution in [0, 0.1) is 4.91 Å². The lowest BCUT2D eigenvalue weighted by Crippen LogP contribution is -2.21. The molecule has 1 heterocycles. The summed E-state index contributed by atoms with van der Waals surface area (Å²) in [6, 6.07) is 10.1. The summed E-state index contributed by atoms with van der Waals surface area (Å²) >= 11 is 2.19. The maximum absolute atomic E-state index is 10.3. The van der Waals surface area contributed by atoms with Crippen molar-refractivity contribution < 1.29 is 0 Å². The fourth-order valence-corrected chi connectivity index (χ4v) is 2.48. The van der Waals surface area contributed by atoms with Crippen molar-refractivity contribution in [3.8, 4) is 0 Å². The van der Waals surface area contributed by atoms with Gasteiger partial charge < -0.3 is 0 Å². The zero-order chi connectivity index (χ0) is 12.3. The first-order valence-electron chi connectivity index (χ1n) is 5.26. The van der Waals surface area contributed by atoms with Gasteiger partial charge in [-0.25, -0.2) is 0 Å². The summed E-state index contributed by atoms with van der Waals surface area (Å²) in [6.07, 6.45) is 1.91. The molecule has 0 amide bonds. The quantitative estimate of drug-likeness (QED) is 0.480. The Labute approximate surface area is 114 Å². The predicted molar refractivity (Wildman–Crippen MR) is 76.9 cm³/mol. The van der Waals surface area contributed by atoms with Crippen molar-refractivity contribution in [3.05, 3.63) is 52.6 Å². The third kappa shape index (κ3) is 2.71. The second-order valence-corrected chi connectivity index (χ2v) is 4.90. The van der Waals surface area contributed by atoms with Gasteiger partial charge in [-0.05, 0) is 12.5 Å². The van der Waals surface area contributed by atoms with E-state index in [0.29, 0.717) is 0 Å². The molecule has 2 rings (SSSR count). The molecule has 88 valence electrons. The molecular weight excluding hydrogens is 329 g/mol. The third-order valence-electron chi connectivity index (χ3n) is 2.63. The number of hydrogen-bond acceptors (Lipinski definition) is 4. The first-order valence-corrected chi connectivity index (χ1v) is 6.22. The summed E-state index contributed by atoms with van der Waals surface area (Å²) < 4.78 is 1.97. The monoisotopic (exact) mass is 341 g/mol. The van der Waals surface area contributed by atoms with Crippen molar-refractivity contribution in [2.24, 2.45) is 10.2 Å². The number of rotatable bonds is 3. The number of benzene rings is 1. The molecule has 0 aliphatic carbocycles. The topological polar surface area (TPSA) is 45.0 Å². The average molecular weight is 341 g/mol. The molecule has 17 heavy (non-hydrogen) atoms. The van der Waals surface area contributed by atoms with Crippen LogP contribution in [0.15, 0.2) is 52.3 Å². The van der Waals surface area contributed by atoms with Gasteiger partial charge >= 0.3 is 0 Å². The first kappa shape index (κ1) is 12.2. The Hall–Kier alpha value is -1.24. The van der Waals surface area contributed by atoms with E-state index in [0.717, 1.165) is 16.8 Å². The van der Waals surface area contributed by atoms with E-state index in [1.54, 1.807) is 0 Å². The normalized spacial score (nSPS) is 19.6. The molecule has 0 saturated carbocycles. The average Bonchev–Trinajstić information content (AvgIpc) is 2.35. The minimum atomic E-state index is -0.0211. The van der Waals surface area contributed by atoms with Crippen LogP contribution in [0.4, 0.5) is 0 Å². The summed E-state index contributed by atoms with van der Waals surface area (Å²) in [5.41, 5.74) is 2.89. The molecule has 1 aromatic rings. The van der Waals surface area contributed by atoms with Gasteiger partial charge in [-0.15, -0.1) is 0 Å². The van der Waals surface area contributed by atoms with Crippen LogP contribution in [0.1, 0.15) is 18.7 Å². The van der Waals surface area contributed by atoms with Gasteiger partial charge in [-0.1, -0.05) is 35.5 Å². The van der Waals surface area contributed by atoms with Crippen molar-refractivity contribution >= 4 is 28.6 Å². The lowest BCUT2D eigenvalue weighted by atomic mass is 10.1. The molecule has 0 bridgehead atoms. The number of halogens is 1. The molecule has 1 aliphatic rings. The van der Waals surface area contributed by atoms with E-state index >= 15 is 0 Å². The Balaban J connectivity index is 2.27. The van der Waals surface area contributed by atoms with Crippen LogP contribution in [0.25, 0.3) is 0 Å². The van der Waals surface area contributed by atoms with Crippen molar-refractivity contribution in [2.75, 3.05) is 6.54 Å². The van der Waals surface area contributed by atoms with Crippen LogP contribution >= 0.6 is 22.9 Å². The van der Waals surface area contributed by atoms with Gasteiger partial charge in [-0.3, -0.25) is 8.11 Å². The first-order chi connectivity index (χ1) is 8.22. The van der Waals surface area contributed by atoms with Crippen molar-refractivity contribution in [2.45, 2.75) is 13.1 Å². The zero-order valence-corrected chi connectivity index (χ0v) is 11.5. The highest BCUT2D eigenvalue weighted by molar-refractivity contribution is 14.1. The second-order valence-electron chi connectivity index (χ2n) is 3.78. The maximum atomic E-state index is 10.3. The fraction of sp³-hybridized carbons (Fsp3) is 0.250. The van der Waals surface area contributed by atoms with Crippen LogP contribution in [0.3, 0.4) is 0 Å². The van der Waals surface area contributed by atoms with Gasteiger partial charge in [-0.2, -0.15) is 4.91 Å². The van der Waals surface area contributed by atoms with Gasteiger partial charge in [0.05, 0.1) is 22.9 Å². The fourth-order valence-electron chi connectivity index (χ4n) is 1.70. The summed E-state index contributed by atoms with van der Waals surface area (Å²) in [5.74, 6) is 0.